The molecule has 4 rings (SSSR count). The lowest BCUT2D eigenvalue weighted by atomic mass is 10.1. The molecule has 7 heteroatoms. The predicted molar refractivity (Wildman–Crippen MR) is 98.9 cm³/mol. The molecule has 1 aromatic carbocycles. The van der Waals surface area contributed by atoms with Gasteiger partial charge in [0.25, 0.3) is 0 Å². The van der Waals surface area contributed by atoms with Gasteiger partial charge in [0.05, 0.1) is 12.5 Å². The fraction of sp³-hybridized carbons (Fsp3) is 0.263. The third-order valence-corrected chi connectivity index (χ3v) is 4.38. The standard InChI is InChI=1S/C19H20FN5O/c20-14-2-1-3-16(10-14)24-19-22-11-17(13-6-9-26-12-13)18(25-19)23-15-4-7-21-8-5-15/h1-3,6,9-12,15,21H,4-5,7-8H2,(H2,22,23,24,25). The second kappa shape index (κ2) is 7.53. The number of anilines is 3. The number of nitrogens with one attached hydrogen (secondary N) is 3. The van der Waals surface area contributed by atoms with Gasteiger partial charge in [-0.05, 0) is 50.2 Å². The van der Waals surface area contributed by atoms with Gasteiger partial charge in [0, 0.05) is 29.1 Å². The van der Waals surface area contributed by atoms with Crippen LogP contribution in [0.15, 0.2) is 53.5 Å². The predicted octanol–water partition coefficient (Wildman–Crippen LogP) is 3.78. The Morgan fingerprint density at radius 2 is 2.08 bits per heavy atom. The fourth-order valence-corrected chi connectivity index (χ4v) is 3.04. The van der Waals surface area contributed by atoms with E-state index in [-0.39, 0.29) is 5.82 Å². The van der Waals surface area contributed by atoms with E-state index in [9.17, 15) is 4.39 Å². The first-order valence-corrected chi connectivity index (χ1v) is 8.67. The summed E-state index contributed by atoms with van der Waals surface area (Å²) in [5.74, 6) is 0.851. The van der Waals surface area contributed by atoms with Crippen molar-refractivity contribution in [3.8, 4) is 11.1 Å². The molecule has 26 heavy (non-hydrogen) atoms. The second-order valence-electron chi connectivity index (χ2n) is 6.27. The minimum absolute atomic E-state index is 0.307. The van der Waals surface area contributed by atoms with Gasteiger partial charge >= 0.3 is 0 Å². The van der Waals surface area contributed by atoms with Crippen molar-refractivity contribution >= 4 is 17.5 Å². The van der Waals surface area contributed by atoms with Crippen LogP contribution in [-0.4, -0.2) is 29.1 Å². The van der Waals surface area contributed by atoms with Gasteiger partial charge in [-0.2, -0.15) is 4.98 Å². The minimum Gasteiger partial charge on any atom is -0.472 e. The van der Waals surface area contributed by atoms with Crippen LogP contribution in [0.4, 0.5) is 21.8 Å². The molecule has 3 heterocycles. The molecule has 0 atom stereocenters. The quantitative estimate of drug-likeness (QED) is 0.648. The molecule has 0 bridgehead atoms. The zero-order valence-corrected chi connectivity index (χ0v) is 14.2. The SMILES string of the molecule is Fc1cccc(Nc2ncc(-c3ccoc3)c(NC3CCNCC3)n2)c1. The van der Waals surface area contributed by atoms with E-state index in [1.165, 1.54) is 12.1 Å². The van der Waals surface area contributed by atoms with Crippen LogP contribution in [-0.2, 0) is 0 Å². The maximum absolute atomic E-state index is 13.4. The van der Waals surface area contributed by atoms with E-state index in [1.54, 1.807) is 30.9 Å². The fourth-order valence-electron chi connectivity index (χ4n) is 3.04. The first-order chi connectivity index (χ1) is 12.8. The molecule has 0 unspecified atom stereocenters. The van der Waals surface area contributed by atoms with E-state index < -0.39 is 0 Å². The van der Waals surface area contributed by atoms with Gasteiger partial charge in [-0.1, -0.05) is 6.07 Å². The highest BCUT2D eigenvalue weighted by Gasteiger charge is 2.17. The van der Waals surface area contributed by atoms with Crippen molar-refractivity contribution in [1.82, 2.24) is 15.3 Å². The smallest absolute Gasteiger partial charge is 0.229 e. The van der Waals surface area contributed by atoms with E-state index in [0.29, 0.717) is 17.7 Å². The molecule has 2 aromatic heterocycles. The number of hydrogen-bond acceptors (Lipinski definition) is 6. The lowest BCUT2D eigenvalue weighted by Gasteiger charge is -2.25. The maximum atomic E-state index is 13.4. The van der Waals surface area contributed by atoms with Crippen LogP contribution < -0.4 is 16.0 Å². The number of furan rings is 1. The van der Waals surface area contributed by atoms with Gasteiger partial charge in [-0.3, -0.25) is 0 Å². The minimum atomic E-state index is -0.307. The van der Waals surface area contributed by atoms with Crippen LogP contribution in [0.25, 0.3) is 11.1 Å². The summed E-state index contributed by atoms with van der Waals surface area (Å²) < 4.78 is 18.6. The summed E-state index contributed by atoms with van der Waals surface area (Å²) in [6.07, 6.45) is 7.11. The Kier molecular flexibility index (Phi) is 4.79. The zero-order chi connectivity index (χ0) is 17.8. The first kappa shape index (κ1) is 16.5. The summed E-state index contributed by atoms with van der Waals surface area (Å²) in [5, 5.41) is 9.94. The topological polar surface area (TPSA) is 75.0 Å². The van der Waals surface area contributed by atoms with Crippen molar-refractivity contribution in [2.75, 3.05) is 23.7 Å². The molecule has 6 nitrogen and oxygen atoms in total. The molecule has 0 radical (unpaired) electrons. The zero-order valence-electron chi connectivity index (χ0n) is 14.2. The Morgan fingerprint density at radius 3 is 2.85 bits per heavy atom. The summed E-state index contributed by atoms with van der Waals surface area (Å²) >= 11 is 0. The number of rotatable bonds is 5. The Hall–Kier alpha value is -2.93. The first-order valence-electron chi connectivity index (χ1n) is 8.67. The number of halogens is 1. The summed E-state index contributed by atoms with van der Waals surface area (Å²) in [4.78, 5) is 9.00. The highest BCUT2D eigenvalue weighted by atomic mass is 19.1. The van der Waals surface area contributed by atoms with Gasteiger partial charge in [0.15, 0.2) is 0 Å². The molecule has 134 valence electrons. The second-order valence-corrected chi connectivity index (χ2v) is 6.27. The van der Waals surface area contributed by atoms with Crippen LogP contribution in [0.2, 0.25) is 0 Å². The number of hydrogen-bond donors (Lipinski definition) is 3. The van der Waals surface area contributed by atoms with E-state index in [4.69, 9.17) is 4.42 Å². The summed E-state index contributed by atoms with van der Waals surface area (Å²) in [5.41, 5.74) is 2.40. The molecule has 3 N–H and O–H groups in total. The van der Waals surface area contributed by atoms with Gasteiger partial charge in [0.2, 0.25) is 5.95 Å². The van der Waals surface area contributed by atoms with E-state index in [2.05, 4.69) is 25.9 Å². The largest absolute Gasteiger partial charge is 0.472 e. The van der Waals surface area contributed by atoms with Gasteiger partial charge in [-0.15, -0.1) is 0 Å². The third-order valence-electron chi connectivity index (χ3n) is 4.38. The molecule has 3 aromatic rings. The molecule has 1 aliphatic heterocycles. The maximum Gasteiger partial charge on any atom is 0.229 e. The third kappa shape index (κ3) is 3.83. The van der Waals surface area contributed by atoms with Crippen molar-refractivity contribution in [3.63, 3.8) is 0 Å². The van der Waals surface area contributed by atoms with Crippen molar-refractivity contribution < 1.29 is 8.81 Å². The lowest BCUT2D eigenvalue weighted by molar-refractivity contribution is 0.478. The van der Waals surface area contributed by atoms with Gasteiger partial charge in [-0.25, -0.2) is 9.37 Å². The van der Waals surface area contributed by atoms with Gasteiger partial charge in [0.1, 0.15) is 11.6 Å². The van der Waals surface area contributed by atoms with Crippen LogP contribution in [0.3, 0.4) is 0 Å². The van der Waals surface area contributed by atoms with Crippen LogP contribution in [0, 0.1) is 5.82 Å². The van der Waals surface area contributed by atoms with E-state index in [0.717, 1.165) is 42.9 Å². The number of nitrogens with zero attached hydrogens (tertiary/aromatic N) is 2. The van der Waals surface area contributed by atoms with Crippen LogP contribution >= 0.6 is 0 Å². The van der Waals surface area contributed by atoms with Crippen molar-refractivity contribution in [2.45, 2.75) is 18.9 Å². The monoisotopic (exact) mass is 353 g/mol. The normalized spacial score (nSPS) is 15.0. The summed E-state index contributed by atoms with van der Waals surface area (Å²) in [6.45, 7) is 1.97. The van der Waals surface area contributed by atoms with Crippen LogP contribution in [0.1, 0.15) is 12.8 Å². The highest BCUT2D eigenvalue weighted by Crippen LogP contribution is 2.29. The van der Waals surface area contributed by atoms with Crippen molar-refractivity contribution in [3.05, 3.63) is 54.9 Å². The average Bonchev–Trinajstić information content (AvgIpc) is 3.17. The molecule has 0 saturated carbocycles. The molecule has 0 aliphatic carbocycles. The molecule has 0 spiro atoms. The Morgan fingerprint density at radius 1 is 1.19 bits per heavy atom. The molecule has 1 aliphatic rings. The number of aromatic nitrogens is 2. The number of piperidine rings is 1. The molecule has 1 fully saturated rings. The lowest BCUT2D eigenvalue weighted by Crippen LogP contribution is -2.35. The van der Waals surface area contributed by atoms with Crippen molar-refractivity contribution in [1.29, 1.82) is 0 Å². The Balaban J connectivity index is 1.63. The molecular weight excluding hydrogens is 333 g/mol. The molecular formula is C19H20FN5O. The van der Waals surface area contributed by atoms with Crippen LogP contribution in [0.5, 0.6) is 0 Å². The van der Waals surface area contributed by atoms with E-state index in [1.807, 2.05) is 6.07 Å². The Bertz CT molecular complexity index is 862. The Labute approximate surface area is 150 Å². The average molecular weight is 353 g/mol. The number of benzene rings is 1. The summed E-state index contributed by atoms with van der Waals surface area (Å²) in [6, 6.07) is 8.46. The van der Waals surface area contributed by atoms with Gasteiger partial charge < -0.3 is 20.4 Å². The van der Waals surface area contributed by atoms with Crippen molar-refractivity contribution in [2.24, 2.45) is 0 Å². The molecule has 0 amide bonds. The molecule has 1 saturated heterocycles. The van der Waals surface area contributed by atoms with E-state index >= 15 is 0 Å². The summed E-state index contributed by atoms with van der Waals surface area (Å²) in [7, 11) is 0. The highest BCUT2D eigenvalue weighted by molar-refractivity contribution is 5.75.